The number of para-hydroxylation sites is 1. The van der Waals surface area contributed by atoms with Crippen molar-refractivity contribution in [2.45, 2.75) is 44.1 Å². The van der Waals surface area contributed by atoms with Crippen molar-refractivity contribution in [3.63, 3.8) is 0 Å². The summed E-state index contributed by atoms with van der Waals surface area (Å²) in [5.74, 6) is -2.48. The van der Waals surface area contributed by atoms with Crippen LogP contribution in [0.5, 0.6) is 0 Å². The number of halogens is 1. The molecule has 216 valence electrons. The molecule has 3 aliphatic rings. The lowest BCUT2D eigenvalue weighted by Gasteiger charge is -2.37. The van der Waals surface area contributed by atoms with Gasteiger partial charge in [0.15, 0.2) is 0 Å². The molecule has 5 rings (SSSR count). The van der Waals surface area contributed by atoms with E-state index in [9.17, 15) is 19.5 Å². The number of aliphatic hydroxyl groups excluding tert-OH is 1. The number of aliphatic hydroxyl groups is 1. The number of rotatable bonds is 11. The van der Waals surface area contributed by atoms with Gasteiger partial charge >= 0.3 is 0 Å². The topological polar surface area (TPSA) is 90.4 Å². The number of hydrogen-bond donors (Lipinski definition) is 1. The van der Waals surface area contributed by atoms with Crippen LogP contribution in [0.3, 0.4) is 0 Å². The van der Waals surface area contributed by atoms with E-state index in [4.69, 9.17) is 16.3 Å². The molecule has 3 heterocycles. The lowest BCUT2D eigenvalue weighted by atomic mass is 9.70. The van der Waals surface area contributed by atoms with Crippen molar-refractivity contribution in [2.24, 2.45) is 11.8 Å². The molecule has 9 heteroatoms. The Bertz CT molecular complexity index is 1330. The molecule has 0 saturated carbocycles. The highest BCUT2D eigenvalue weighted by Crippen LogP contribution is 2.59. The van der Waals surface area contributed by atoms with Gasteiger partial charge in [-0.3, -0.25) is 14.4 Å². The number of likely N-dealkylation sites (tertiary alicyclic amines) is 1. The molecule has 2 aromatic carbocycles. The Morgan fingerprint density at radius 1 is 1.12 bits per heavy atom. The summed E-state index contributed by atoms with van der Waals surface area (Å²) in [4.78, 5) is 47.4. The van der Waals surface area contributed by atoms with E-state index in [0.717, 1.165) is 11.1 Å². The van der Waals surface area contributed by atoms with Gasteiger partial charge in [0.2, 0.25) is 11.8 Å². The summed E-state index contributed by atoms with van der Waals surface area (Å²) in [6.07, 6.45) is 3.81. The molecule has 3 fully saturated rings. The van der Waals surface area contributed by atoms with Crippen LogP contribution in [0.2, 0.25) is 5.02 Å². The van der Waals surface area contributed by atoms with E-state index in [-0.39, 0.29) is 37.4 Å². The number of benzene rings is 2. The van der Waals surface area contributed by atoms with Crippen molar-refractivity contribution in [3.8, 4) is 0 Å². The van der Waals surface area contributed by atoms with E-state index in [1.807, 2.05) is 49.4 Å². The Kier molecular flexibility index (Phi) is 8.36. The van der Waals surface area contributed by atoms with Gasteiger partial charge in [0.05, 0.1) is 35.3 Å². The van der Waals surface area contributed by atoms with Crippen LogP contribution in [0.1, 0.15) is 24.0 Å². The zero-order valence-electron chi connectivity index (χ0n) is 23.2. The number of carbonyl (C=O) groups excluding carboxylic acids is 3. The highest BCUT2D eigenvalue weighted by atomic mass is 35.5. The lowest BCUT2D eigenvalue weighted by Crippen LogP contribution is -2.57. The highest BCUT2D eigenvalue weighted by molar-refractivity contribution is 6.34. The van der Waals surface area contributed by atoms with Crippen LogP contribution in [0.25, 0.3) is 0 Å². The van der Waals surface area contributed by atoms with Crippen molar-refractivity contribution in [1.29, 1.82) is 0 Å². The monoisotopic (exact) mass is 577 g/mol. The van der Waals surface area contributed by atoms with E-state index in [1.54, 1.807) is 23.1 Å². The number of aryl methyl sites for hydroxylation is 1. The minimum atomic E-state index is -1.19. The maximum absolute atomic E-state index is 14.5. The molecule has 0 aromatic heterocycles. The maximum Gasteiger partial charge on any atom is 0.253 e. The first-order valence-electron chi connectivity index (χ1n) is 14.0. The van der Waals surface area contributed by atoms with E-state index in [0.29, 0.717) is 36.6 Å². The smallest absolute Gasteiger partial charge is 0.253 e. The Morgan fingerprint density at radius 3 is 2.51 bits per heavy atom. The van der Waals surface area contributed by atoms with E-state index < -0.39 is 29.6 Å². The summed E-state index contributed by atoms with van der Waals surface area (Å²) in [6.45, 7) is 10.00. The van der Waals surface area contributed by atoms with E-state index in [1.165, 1.54) is 9.80 Å². The molecule has 3 amide bonds. The normalized spacial score (nSPS) is 26.1. The molecular weight excluding hydrogens is 542 g/mol. The second-order valence-electron chi connectivity index (χ2n) is 10.9. The van der Waals surface area contributed by atoms with Gasteiger partial charge < -0.3 is 24.5 Å². The van der Waals surface area contributed by atoms with Gasteiger partial charge in [0.1, 0.15) is 11.6 Å². The highest BCUT2D eigenvalue weighted by Gasteiger charge is 2.74. The molecule has 1 spiro atoms. The maximum atomic E-state index is 14.5. The van der Waals surface area contributed by atoms with Crippen molar-refractivity contribution >= 4 is 35.0 Å². The SMILES string of the molecule is C=CCN(Cc1ccccc1)C(=O)[C@@H]1[C@@H]2CCC3(O2)C(C(=O)N(CC=C)c2c(C)cccc2Cl)N(CCO)C(=O)[C@H]13. The molecule has 41 heavy (non-hydrogen) atoms. The zero-order chi connectivity index (χ0) is 29.3. The quantitative estimate of drug-likeness (QED) is 0.411. The summed E-state index contributed by atoms with van der Waals surface area (Å²) in [6, 6.07) is 14.0. The van der Waals surface area contributed by atoms with Crippen LogP contribution >= 0.6 is 11.6 Å². The summed E-state index contributed by atoms with van der Waals surface area (Å²) in [7, 11) is 0. The number of β-amino-alcohol motifs (C(OH)–C–C–N with tert-alkyl or cyclic N) is 1. The second-order valence-corrected chi connectivity index (χ2v) is 11.4. The summed E-state index contributed by atoms with van der Waals surface area (Å²) >= 11 is 6.58. The average Bonchev–Trinajstić information content (AvgIpc) is 3.60. The van der Waals surface area contributed by atoms with Gasteiger partial charge in [0, 0.05) is 26.2 Å². The van der Waals surface area contributed by atoms with Gasteiger partial charge in [-0.05, 0) is 37.0 Å². The summed E-state index contributed by atoms with van der Waals surface area (Å²) in [5, 5.41) is 10.3. The van der Waals surface area contributed by atoms with Gasteiger partial charge in [0.25, 0.3) is 5.91 Å². The number of fused-ring (bicyclic) bond motifs is 1. The van der Waals surface area contributed by atoms with Crippen molar-refractivity contribution in [3.05, 3.63) is 90.0 Å². The number of nitrogens with zero attached hydrogens (tertiary/aromatic N) is 3. The second kappa shape index (κ2) is 11.8. The first kappa shape index (κ1) is 29.0. The number of carbonyl (C=O) groups is 3. The summed E-state index contributed by atoms with van der Waals surface area (Å²) < 4.78 is 6.58. The Morgan fingerprint density at radius 2 is 1.85 bits per heavy atom. The Labute approximate surface area is 245 Å². The molecule has 2 unspecified atom stereocenters. The lowest BCUT2D eigenvalue weighted by molar-refractivity contribution is -0.145. The molecule has 3 saturated heterocycles. The molecule has 1 N–H and O–H groups in total. The minimum absolute atomic E-state index is 0.0494. The van der Waals surface area contributed by atoms with Crippen LogP contribution < -0.4 is 4.90 Å². The fraction of sp³-hybridized carbons (Fsp3) is 0.406. The van der Waals surface area contributed by atoms with Crippen LogP contribution in [0.15, 0.2) is 73.8 Å². The summed E-state index contributed by atoms with van der Waals surface area (Å²) in [5.41, 5.74) is 1.11. The number of hydrogen-bond acceptors (Lipinski definition) is 5. The molecule has 2 aromatic rings. The third kappa shape index (κ3) is 4.88. The third-order valence-corrected chi connectivity index (χ3v) is 8.88. The van der Waals surface area contributed by atoms with Gasteiger partial charge in [-0.25, -0.2) is 0 Å². The zero-order valence-corrected chi connectivity index (χ0v) is 24.0. The Hall–Kier alpha value is -3.46. The van der Waals surface area contributed by atoms with Crippen LogP contribution in [-0.2, 0) is 25.7 Å². The molecular formula is C32H36ClN3O5. The number of anilines is 1. The van der Waals surface area contributed by atoms with Gasteiger partial charge in [-0.15, -0.1) is 13.2 Å². The first-order chi connectivity index (χ1) is 19.8. The molecule has 0 radical (unpaired) electrons. The van der Waals surface area contributed by atoms with Crippen LogP contribution in [-0.4, -0.2) is 76.6 Å². The fourth-order valence-corrected chi connectivity index (χ4v) is 7.32. The van der Waals surface area contributed by atoms with E-state index >= 15 is 0 Å². The number of ether oxygens (including phenoxy) is 1. The van der Waals surface area contributed by atoms with Crippen molar-refractivity contribution in [1.82, 2.24) is 9.80 Å². The minimum Gasteiger partial charge on any atom is -0.395 e. The largest absolute Gasteiger partial charge is 0.395 e. The van der Waals surface area contributed by atoms with Crippen molar-refractivity contribution < 1.29 is 24.2 Å². The molecule has 8 nitrogen and oxygen atoms in total. The molecule has 5 atom stereocenters. The first-order valence-corrected chi connectivity index (χ1v) is 14.4. The molecule has 0 aliphatic carbocycles. The van der Waals surface area contributed by atoms with Crippen LogP contribution in [0.4, 0.5) is 5.69 Å². The predicted molar refractivity (Wildman–Crippen MR) is 157 cm³/mol. The van der Waals surface area contributed by atoms with Crippen LogP contribution in [0, 0.1) is 18.8 Å². The van der Waals surface area contributed by atoms with Gasteiger partial charge in [-0.1, -0.05) is 66.2 Å². The molecule has 2 bridgehead atoms. The fourth-order valence-electron chi connectivity index (χ4n) is 7.00. The number of amides is 3. The Balaban J connectivity index is 1.53. The van der Waals surface area contributed by atoms with Gasteiger partial charge in [-0.2, -0.15) is 0 Å². The van der Waals surface area contributed by atoms with Crippen molar-refractivity contribution in [2.75, 3.05) is 31.1 Å². The third-order valence-electron chi connectivity index (χ3n) is 8.57. The molecule has 3 aliphatic heterocycles. The average molecular weight is 578 g/mol. The van der Waals surface area contributed by atoms with E-state index in [2.05, 4.69) is 13.2 Å². The standard InChI is InChI=1S/C32H36ClN3O5/c1-4-16-34(20-22-11-7-6-8-12-22)29(38)25-24-14-15-32(41-24)26(25)30(39)36(18-19-37)28(32)31(40)35(17-5-2)27-21(3)10-9-13-23(27)33/h4-13,24-26,28,37H,1-2,14-20H2,3H3/t24-,25+,26-,28?,32?/m0/s1. The predicted octanol–water partition coefficient (Wildman–Crippen LogP) is 3.75.